The van der Waals surface area contributed by atoms with Crippen molar-refractivity contribution >= 4 is 23.4 Å². The normalized spacial score (nSPS) is 9.80. The highest BCUT2D eigenvalue weighted by atomic mass is 16.5. The summed E-state index contributed by atoms with van der Waals surface area (Å²) in [7, 11) is 1.56. The lowest BCUT2D eigenvalue weighted by Gasteiger charge is -2.08. The molecule has 0 unspecified atom stereocenters. The van der Waals surface area contributed by atoms with Crippen LogP contribution in [0.15, 0.2) is 54.6 Å². The lowest BCUT2D eigenvalue weighted by Crippen LogP contribution is -2.40. The van der Waals surface area contributed by atoms with Gasteiger partial charge in [-0.05, 0) is 36.4 Å². The molecule has 0 saturated carbocycles. The zero-order chi connectivity index (χ0) is 18.1. The summed E-state index contributed by atoms with van der Waals surface area (Å²) in [6.07, 6.45) is 0. The Kier molecular flexibility index (Phi) is 6.53. The van der Waals surface area contributed by atoms with Gasteiger partial charge in [-0.15, -0.1) is 0 Å². The fourth-order valence-electron chi connectivity index (χ4n) is 1.97. The van der Waals surface area contributed by atoms with Crippen molar-refractivity contribution < 1.29 is 19.1 Å². The fourth-order valence-corrected chi connectivity index (χ4v) is 1.97. The van der Waals surface area contributed by atoms with Crippen molar-refractivity contribution in [3.8, 4) is 5.75 Å². The van der Waals surface area contributed by atoms with Crippen LogP contribution in [0.2, 0.25) is 0 Å². The molecule has 0 heterocycles. The van der Waals surface area contributed by atoms with Crippen LogP contribution in [0, 0.1) is 0 Å². The Balaban J connectivity index is 1.70. The molecule has 3 amide bonds. The Morgan fingerprint density at radius 2 is 1.48 bits per heavy atom. The second kappa shape index (κ2) is 9.07. The molecular formula is C18H19N3O4. The lowest BCUT2D eigenvalue weighted by atomic mass is 10.2. The molecule has 130 valence electrons. The third-order valence-corrected chi connectivity index (χ3v) is 3.27. The van der Waals surface area contributed by atoms with Gasteiger partial charge in [-0.25, -0.2) is 0 Å². The van der Waals surface area contributed by atoms with Crippen molar-refractivity contribution in [1.29, 1.82) is 0 Å². The van der Waals surface area contributed by atoms with E-state index in [4.69, 9.17) is 4.74 Å². The Morgan fingerprint density at radius 3 is 2.12 bits per heavy atom. The molecule has 0 saturated heterocycles. The van der Waals surface area contributed by atoms with Crippen LogP contribution in [-0.2, 0) is 9.59 Å². The van der Waals surface area contributed by atoms with E-state index < -0.39 is 5.91 Å². The summed E-state index contributed by atoms with van der Waals surface area (Å²) in [4.78, 5) is 35.3. The molecule has 0 aliphatic carbocycles. The van der Waals surface area contributed by atoms with E-state index in [0.29, 0.717) is 17.0 Å². The topological polar surface area (TPSA) is 96.5 Å². The molecule has 0 aromatic heterocycles. The van der Waals surface area contributed by atoms with Crippen molar-refractivity contribution in [2.45, 2.75) is 0 Å². The van der Waals surface area contributed by atoms with Crippen LogP contribution in [0.3, 0.4) is 0 Å². The van der Waals surface area contributed by atoms with Crippen LogP contribution in [-0.4, -0.2) is 37.9 Å². The number of carbonyl (C=O) groups is 3. The van der Waals surface area contributed by atoms with Crippen LogP contribution in [0.1, 0.15) is 10.4 Å². The van der Waals surface area contributed by atoms with E-state index in [-0.39, 0.29) is 24.9 Å². The molecule has 7 nitrogen and oxygen atoms in total. The molecule has 25 heavy (non-hydrogen) atoms. The van der Waals surface area contributed by atoms with Gasteiger partial charge in [0.15, 0.2) is 0 Å². The zero-order valence-corrected chi connectivity index (χ0v) is 13.7. The van der Waals surface area contributed by atoms with E-state index in [1.54, 1.807) is 61.7 Å². The molecule has 0 bridgehead atoms. The summed E-state index contributed by atoms with van der Waals surface area (Å²) >= 11 is 0. The summed E-state index contributed by atoms with van der Waals surface area (Å²) in [6.45, 7) is -0.393. The molecule has 0 atom stereocenters. The largest absolute Gasteiger partial charge is 0.497 e. The fraction of sp³-hybridized carbons (Fsp3) is 0.167. The molecule has 3 N–H and O–H groups in total. The summed E-state index contributed by atoms with van der Waals surface area (Å²) in [6, 6.07) is 15.4. The Hall–Kier alpha value is -3.35. The first-order valence-electron chi connectivity index (χ1n) is 7.62. The molecule has 0 aliphatic heterocycles. The monoisotopic (exact) mass is 341 g/mol. The van der Waals surface area contributed by atoms with Gasteiger partial charge in [-0.1, -0.05) is 18.2 Å². The van der Waals surface area contributed by atoms with Crippen molar-refractivity contribution in [3.05, 3.63) is 60.2 Å². The number of ether oxygens (including phenoxy) is 1. The lowest BCUT2D eigenvalue weighted by molar-refractivity contribution is -0.123. The highest BCUT2D eigenvalue weighted by Gasteiger charge is 2.09. The number of amides is 3. The van der Waals surface area contributed by atoms with Crippen LogP contribution in [0.5, 0.6) is 5.75 Å². The van der Waals surface area contributed by atoms with Gasteiger partial charge in [0.1, 0.15) is 5.75 Å². The minimum Gasteiger partial charge on any atom is -0.497 e. The maximum atomic E-state index is 11.8. The SMILES string of the molecule is COc1ccc(NC(=O)CNC(=O)CNC(=O)c2ccccc2)cc1. The Bertz CT molecular complexity index is 730. The first-order chi connectivity index (χ1) is 12.1. The summed E-state index contributed by atoms with van der Waals surface area (Å²) in [5, 5.41) is 7.57. The predicted molar refractivity (Wildman–Crippen MR) is 93.4 cm³/mol. The average Bonchev–Trinajstić information content (AvgIpc) is 2.65. The van der Waals surface area contributed by atoms with E-state index >= 15 is 0 Å². The molecule has 2 aromatic rings. The van der Waals surface area contributed by atoms with Crippen LogP contribution in [0.25, 0.3) is 0 Å². The van der Waals surface area contributed by atoms with Gasteiger partial charge < -0.3 is 20.7 Å². The second-order valence-electron chi connectivity index (χ2n) is 5.10. The van der Waals surface area contributed by atoms with Gasteiger partial charge in [0.05, 0.1) is 20.2 Å². The smallest absolute Gasteiger partial charge is 0.251 e. The predicted octanol–water partition coefficient (Wildman–Crippen LogP) is 1.18. The highest BCUT2D eigenvalue weighted by molar-refractivity contribution is 5.98. The van der Waals surface area contributed by atoms with Crippen molar-refractivity contribution in [3.63, 3.8) is 0 Å². The molecule has 0 radical (unpaired) electrons. The van der Waals surface area contributed by atoms with Crippen LogP contribution in [0.4, 0.5) is 5.69 Å². The number of carbonyl (C=O) groups excluding carboxylic acids is 3. The standard InChI is InChI=1S/C18H19N3O4/c1-25-15-9-7-14(8-10-15)21-17(23)12-19-16(22)11-20-18(24)13-5-3-2-4-6-13/h2-10H,11-12H2,1H3,(H,19,22)(H,20,24)(H,21,23). The van der Waals surface area contributed by atoms with Gasteiger partial charge in [-0.3, -0.25) is 14.4 Å². The zero-order valence-electron chi connectivity index (χ0n) is 13.7. The quantitative estimate of drug-likeness (QED) is 0.704. The van der Waals surface area contributed by atoms with Crippen LogP contribution >= 0.6 is 0 Å². The maximum Gasteiger partial charge on any atom is 0.251 e. The number of hydrogen-bond donors (Lipinski definition) is 3. The van der Waals surface area contributed by atoms with Crippen molar-refractivity contribution in [2.24, 2.45) is 0 Å². The Labute approximate surface area is 145 Å². The Morgan fingerprint density at radius 1 is 0.840 bits per heavy atom. The average molecular weight is 341 g/mol. The van der Waals surface area contributed by atoms with Gasteiger partial charge in [0.25, 0.3) is 5.91 Å². The summed E-state index contributed by atoms with van der Waals surface area (Å²) < 4.78 is 5.03. The highest BCUT2D eigenvalue weighted by Crippen LogP contribution is 2.14. The number of rotatable bonds is 7. The third kappa shape index (κ3) is 5.98. The molecule has 0 aliphatic rings. The van der Waals surface area contributed by atoms with Gasteiger partial charge in [0, 0.05) is 11.3 Å². The summed E-state index contributed by atoms with van der Waals surface area (Å²) in [5.74, 6) is -0.485. The number of nitrogens with one attached hydrogen (secondary N) is 3. The number of methoxy groups -OCH3 is 1. The van der Waals surface area contributed by atoms with Crippen LogP contribution < -0.4 is 20.7 Å². The third-order valence-electron chi connectivity index (χ3n) is 3.27. The van der Waals surface area contributed by atoms with Crippen molar-refractivity contribution in [2.75, 3.05) is 25.5 Å². The minimum absolute atomic E-state index is 0.188. The van der Waals surface area contributed by atoms with E-state index in [1.165, 1.54) is 0 Å². The molecule has 0 fully saturated rings. The molecular weight excluding hydrogens is 322 g/mol. The molecule has 7 heteroatoms. The van der Waals surface area contributed by atoms with E-state index in [0.717, 1.165) is 0 Å². The number of anilines is 1. The van der Waals surface area contributed by atoms with Gasteiger partial charge in [-0.2, -0.15) is 0 Å². The van der Waals surface area contributed by atoms with E-state index in [9.17, 15) is 14.4 Å². The molecule has 2 aromatic carbocycles. The first kappa shape index (κ1) is 18.0. The van der Waals surface area contributed by atoms with Gasteiger partial charge in [0.2, 0.25) is 11.8 Å². The molecule has 2 rings (SSSR count). The number of benzene rings is 2. The summed E-state index contributed by atoms with van der Waals surface area (Å²) in [5.41, 5.74) is 1.06. The van der Waals surface area contributed by atoms with Crippen molar-refractivity contribution in [1.82, 2.24) is 10.6 Å². The van der Waals surface area contributed by atoms with E-state index in [1.807, 2.05) is 0 Å². The van der Waals surface area contributed by atoms with E-state index in [2.05, 4.69) is 16.0 Å². The minimum atomic E-state index is -0.450. The first-order valence-corrected chi connectivity index (χ1v) is 7.62. The number of hydrogen-bond acceptors (Lipinski definition) is 4. The maximum absolute atomic E-state index is 11.8. The van der Waals surface area contributed by atoms with Gasteiger partial charge >= 0.3 is 0 Å². The molecule has 0 spiro atoms. The second-order valence-corrected chi connectivity index (χ2v) is 5.10.